The van der Waals surface area contributed by atoms with Crippen LogP contribution in [0, 0.1) is 6.92 Å². The normalized spacial score (nSPS) is 10.4. The summed E-state index contributed by atoms with van der Waals surface area (Å²) < 4.78 is 0. The number of carbonyl (C=O) groups excluding carboxylic acids is 1. The first kappa shape index (κ1) is 17.9. The molecule has 1 heterocycles. The van der Waals surface area contributed by atoms with E-state index in [0.29, 0.717) is 29.6 Å². The summed E-state index contributed by atoms with van der Waals surface area (Å²) in [6, 6.07) is 15.6. The van der Waals surface area contributed by atoms with Gasteiger partial charge in [0.2, 0.25) is 5.95 Å². The average molecular weight is 367 g/mol. The maximum absolute atomic E-state index is 12.2. The quantitative estimate of drug-likeness (QED) is 0.692. The van der Waals surface area contributed by atoms with E-state index in [1.165, 1.54) is 12.4 Å². The Morgan fingerprint density at radius 1 is 1.04 bits per heavy atom. The zero-order valence-electron chi connectivity index (χ0n) is 14.4. The third kappa shape index (κ3) is 4.80. The summed E-state index contributed by atoms with van der Waals surface area (Å²) in [5.41, 5.74) is 3.59. The van der Waals surface area contributed by atoms with Gasteiger partial charge >= 0.3 is 0 Å². The molecule has 26 heavy (non-hydrogen) atoms. The highest BCUT2D eigenvalue weighted by Crippen LogP contribution is 2.15. The minimum atomic E-state index is -0.204. The topological polar surface area (TPSA) is 66.9 Å². The lowest BCUT2D eigenvalue weighted by Gasteiger charge is -2.08. The second-order valence-electron chi connectivity index (χ2n) is 5.91. The van der Waals surface area contributed by atoms with E-state index in [2.05, 4.69) is 20.6 Å². The number of hydrogen-bond donors (Lipinski definition) is 2. The van der Waals surface area contributed by atoms with Crippen LogP contribution in [0.1, 0.15) is 27.0 Å². The molecule has 0 aliphatic heterocycles. The van der Waals surface area contributed by atoms with Crippen molar-refractivity contribution in [3.8, 4) is 0 Å². The molecule has 2 N–H and O–H groups in total. The molecule has 1 amide bonds. The lowest BCUT2D eigenvalue weighted by atomic mass is 10.1. The SMILES string of the molecule is Cc1cccc(CNC(=O)c2cnc(NCc3ccccc3Cl)nc2)c1. The summed E-state index contributed by atoms with van der Waals surface area (Å²) in [6.07, 6.45) is 3.01. The van der Waals surface area contributed by atoms with Crippen molar-refractivity contribution >= 4 is 23.5 Å². The van der Waals surface area contributed by atoms with Crippen LogP contribution < -0.4 is 10.6 Å². The van der Waals surface area contributed by atoms with E-state index in [1.54, 1.807) is 0 Å². The first-order chi connectivity index (χ1) is 12.6. The number of anilines is 1. The summed E-state index contributed by atoms with van der Waals surface area (Å²) in [6.45, 7) is 3.00. The molecule has 6 heteroatoms. The van der Waals surface area contributed by atoms with Gasteiger partial charge in [-0.3, -0.25) is 4.79 Å². The molecule has 0 saturated carbocycles. The molecule has 0 atom stereocenters. The number of nitrogens with zero attached hydrogens (tertiary/aromatic N) is 2. The van der Waals surface area contributed by atoms with E-state index in [4.69, 9.17) is 11.6 Å². The van der Waals surface area contributed by atoms with Crippen LogP contribution in [0.3, 0.4) is 0 Å². The molecule has 0 aliphatic rings. The molecule has 0 spiro atoms. The van der Waals surface area contributed by atoms with Crippen LogP contribution in [-0.4, -0.2) is 15.9 Å². The van der Waals surface area contributed by atoms with Crippen LogP contribution in [0.2, 0.25) is 5.02 Å². The Morgan fingerprint density at radius 3 is 2.54 bits per heavy atom. The highest BCUT2D eigenvalue weighted by Gasteiger charge is 2.07. The molecule has 2 aromatic carbocycles. The monoisotopic (exact) mass is 366 g/mol. The van der Waals surface area contributed by atoms with Crippen molar-refractivity contribution in [3.63, 3.8) is 0 Å². The highest BCUT2D eigenvalue weighted by atomic mass is 35.5. The molecule has 1 aromatic heterocycles. The van der Waals surface area contributed by atoms with Gasteiger partial charge in [-0.25, -0.2) is 9.97 Å². The van der Waals surface area contributed by atoms with Crippen molar-refractivity contribution in [2.45, 2.75) is 20.0 Å². The van der Waals surface area contributed by atoms with Gasteiger partial charge in [-0.2, -0.15) is 0 Å². The number of hydrogen-bond acceptors (Lipinski definition) is 4. The van der Waals surface area contributed by atoms with Crippen molar-refractivity contribution < 1.29 is 4.79 Å². The van der Waals surface area contributed by atoms with Gasteiger partial charge in [0.05, 0.1) is 5.56 Å². The number of nitrogens with one attached hydrogen (secondary N) is 2. The van der Waals surface area contributed by atoms with Crippen LogP contribution in [0.25, 0.3) is 0 Å². The molecule has 3 aromatic rings. The number of benzene rings is 2. The molecule has 0 bridgehead atoms. The Balaban J connectivity index is 1.55. The number of aryl methyl sites for hydroxylation is 1. The zero-order valence-corrected chi connectivity index (χ0v) is 15.1. The molecule has 0 fully saturated rings. The Morgan fingerprint density at radius 2 is 1.81 bits per heavy atom. The molecular weight excluding hydrogens is 348 g/mol. The molecule has 3 rings (SSSR count). The number of carbonyl (C=O) groups is 1. The standard InChI is InChI=1S/C20H19ClN4O/c1-14-5-4-6-15(9-14)10-22-19(26)17-12-24-20(25-13-17)23-11-16-7-2-3-8-18(16)21/h2-9,12-13H,10-11H2,1H3,(H,22,26)(H,23,24,25). The van der Waals surface area contributed by atoms with Crippen molar-refractivity contribution in [3.05, 3.63) is 88.2 Å². The van der Waals surface area contributed by atoms with Crippen molar-refractivity contribution in [2.75, 3.05) is 5.32 Å². The smallest absolute Gasteiger partial charge is 0.254 e. The van der Waals surface area contributed by atoms with Crippen molar-refractivity contribution in [1.82, 2.24) is 15.3 Å². The lowest BCUT2D eigenvalue weighted by Crippen LogP contribution is -2.23. The van der Waals surface area contributed by atoms with Gasteiger partial charge in [-0.1, -0.05) is 59.6 Å². The molecule has 0 aliphatic carbocycles. The second kappa shape index (κ2) is 8.45. The molecule has 0 unspecified atom stereocenters. The maximum Gasteiger partial charge on any atom is 0.254 e. The number of rotatable bonds is 6. The van der Waals surface area contributed by atoms with Crippen LogP contribution in [0.15, 0.2) is 60.9 Å². The van der Waals surface area contributed by atoms with Gasteiger partial charge in [0.25, 0.3) is 5.91 Å². The summed E-state index contributed by atoms with van der Waals surface area (Å²) >= 11 is 6.12. The third-order valence-electron chi connectivity index (χ3n) is 3.84. The average Bonchev–Trinajstić information content (AvgIpc) is 2.66. The third-order valence-corrected chi connectivity index (χ3v) is 4.21. The zero-order chi connectivity index (χ0) is 18.4. The van der Waals surface area contributed by atoms with E-state index in [9.17, 15) is 4.79 Å². The minimum absolute atomic E-state index is 0.204. The van der Waals surface area contributed by atoms with E-state index in [1.807, 2.05) is 55.5 Å². The van der Waals surface area contributed by atoms with E-state index < -0.39 is 0 Å². The number of amides is 1. The minimum Gasteiger partial charge on any atom is -0.350 e. The van der Waals surface area contributed by atoms with Crippen LogP contribution in [0.4, 0.5) is 5.95 Å². The Hall–Kier alpha value is -2.92. The Labute approximate surface area is 157 Å². The van der Waals surface area contributed by atoms with Gasteiger partial charge in [-0.05, 0) is 24.1 Å². The predicted molar refractivity (Wildman–Crippen MR) is 103 cm³/mol. The fourth-order valence-corrected chi connectivity index (χ4v) is 2.66. The molecule has 0 saturated heterocycles. The molecule has 5 nitrogen and oxygen atoms in total. The predicted octanol–water partition coefficient (Wildman–Crippen LogP) is 3.98. The summed E-state index contributed by atoms with van der Waals surface area (Å²) in [7, 11) is 0. The Bertz CT molecular complexity index is 896. The summed E-state index contributed by atoms with van der Waals surface area (Å²) in [4.78, 5) is 20.6. The van der Waals surface area contributed by atoms with Gasteiger partial charge in [0.15, 0.2) is 0 Å². The van der Waals surface area contributed by atoms with Crippen molar-refractivity contribution in [2.24, 2.45) is 0 Å². The number of aromatic nitrogens is 2. The number of halogens is 1. The highest BCUT2D eigenvalue weighted by molar-refractivity contribution is 6.31. The fraction of sp³-hybridized carbons (Fsp3) is 0.150. The first-order valence-corrected chi connectivity index (χ1v) is 8.62. The van der Waals surface area contributed by atoms with Crippen LogP contribution >= 0.6 is 11.6 Å². The summed E-state index contributed by atoms with van der Waals surface area (Å²) in [5, 5.41) is 6.65. The largest absolute Gasteiger partial charge is 0.350 e. The fourth-order valence-electron chi connectivity index (χ4n) is 2.46. The molecular formula is C20H19ClN4O. The second-order valence-corrected chi connectivity index (χ2v) is 6.32. The first-order valence-electron chi connectivity index (χ1n) is 8.25. The van der Waals surface area contributed by atoms with Crippen molar-refractivity contribution in [1.29, 1.82) is 0 Å². The summed E-state index contributed by atoms with van der Waals surface area (Å²) in [5.74, 6) is 0.240. The van der Waals surface area contributed by atoms with Gasteiger partial charge in [0, 0.05) is 30.5 Å². The van der Waals surface area contributed by atoms with E-state index in [-0.39, 0.29) is 5.91 Å². The van der Waals surface area contributed by atoms with Gasteiger partial charge in [0.1, 0.15) is 0 Å². The Kier molecular flexibility index (Phi) is 5.81. The lowest BCUT2D eigenvalue weighted by molar-refractivity contribution is 0.0950. The maximum atomic E-state index is 12.2. The van der Waals surface area contributed by atoms with Crippen LogP contribution in [-0.2, 0) is 13.1 Å². The molecule has 0 radical (unpaired) electrons. The van der Waals surface area contributed by atoms with E-state index in [0.717, 1.165) is 16.7 Å². The van der Waals surface area contributed by atoms with E-state index >= 15 is 0 Å². The molecule has 132 valence electrons. The van der Waals surface area contributed by atoms with Crippen LogP contribution in [0.5, 0.6) is 0 Å². The van der Waals surface area contributed by atoms with Gasteiger partial charge in [-0.15, -0.1) is 0 Å². The van der Waals surface area contributed by atoms with Gasteiger partial charge < -0.3 is 10.6 Å².